The van der Waals surface area contributed by atoms with Crippen molar-refractivity contribution >= 4 is 28.9 Å². The summed E-state index contributed by atoms with van der Waals surface area (Å²) in [6, 6.07) is 18.6. The van der Waals surface area contributed by atoms with Crippen LogP contribution in [-0.2, 0) is 0 Å². The second-order valence-electron chi connectivity index (χ2n) is 5.49. The van der Waals surface area contributed by atoms with Crippen LogP contribution >= 0.6 is 0 Å². The molecule has 2 aromatic carbocycles. The molecule has 0 amide bonds. The first-order chi connectivity index (χ1) is 10.7. The maximum atomic E-state index is 4.65. The van der Waals surface area contributed by atoms with Gasteiger partial charge in [-0.2, -0.15) is 0 Å². The van der Waals surface area contributed by atoms with Gasteiger partial charge in [0.05, 0.1) is 5.52 Å². The highest BCUT2D eigenvalue weighted by atomic mass is 15.0. The molecular formula is C19H19N3. The lowest BCUT2D eigenvalue weighted by atomic mass is 10.2. The minimum atomic E-state index is 0.323. The van der Waals surface area contributed by atoms with Crippen molar-refractivity contribution in [3.8, 4) is 0 Å². The second kappa shape index (κ2) is 6.39. The number of hydrogen-bond acceptors (Lipinski definition) is 3. The highest BCUT2D eigenvalue weighted by molar-refractivity contribution is 5.90. The Labute approximate surface area is 130 Å². The zero-order valence-corrected chi connectivity index (χ0v) is 12.8. The fourth-order valence-corrected chi connectivity index (χ4v) is 2.29. The first-order valence-corrected chi connectivity index (χ1v) is 7.49. The highest BCUT2D eigenvalue weighted by Crippen LogP contribution is 2.21. The van der Waals surface area contributed by atoms with Crippen LogP contribution in [0.25, 0.3) is 23.1 Å². The molecule has 0 fully saturated rings. The molecule has 0 aliphatic heterocycles. The van der Waals surface area contributed by atoms with Gasteiger partial charge in [-0.1, -0.05) is 48.5 Å². The summed E-state index contributed by atoms with van der Waals surface area (Å²) in [5, 5.41) is 4.45. The number of nitrogens with one attached hydrogen (secondary N) is 1. The maximum Gasteiger partial charge on any atom is 0.154 e. The van der Waals surface area contributed by atoms with Crippen LogP contribution in [0, 0.1) is 0 Å². The molecule has 110 valence electrons. The summed E-state index contributed by atoms with van der Waals surface area (Å²) in [5.41, 5.74) is 2.09. The molecule has 0 saturated heterocycles. The third kappa shape index (κ3) is 3.31. The highest BCUT2D eigenvalue weighted by Gasteiger charge is 2.06. The predicted octanol–water partition coefficient (Wildman–Crippen LogP) is 4.62. The van der Waals surface area contributed by atoms with Crippen LogP contribution in [0.15, 0.2) is 54.6 Å². The smallest absolute Gasteiger partial charge is 0.154 e. The zero-order chi connectivity index (χ0) is 15.4. The molecular weight excluding hydrogens is 270 g/mol. The number of hydrogen-bond donors (Lipinski definition) is 1. The molecule has 0 saturated carbocycles. The van der Waals surface area contributed by atoms with E-state index in [9.17, 15) is 0 Å². The lowest BCUT2D eigenvalue weighted by molar-refractivity contribution is 0.889. The van der Waals surface area contributed by atoms with Gasteiger partial charge < -0.3 is 5.32 Å². The number of benzene rings is 2. The fraction of sp³-hybridized carbons (Fsp3) is 0.158. The van der Waals surface area contributed by atoms with Crippen LogP contribution in [0.5, 0.6) is 0 Å². The first-order valence-electron chi connectivity index (χ1n) is 7.49. The number of para-hydroxylation sites is 1. The average Bonchev–Trinajstić information content (AvgIpc) is 2.53. The van der Waals surface area contributed by atoms with E-state index >= 15 is 0 Å². The third-order valence-corrected chi connectivity index (χ3v) is 3.27. The molecule has 1 aromatic heterocycles. The summed E-state index contributed by atoms with van der Waals surface area (Å²) in [4.78, 5) is 9.27. The number of fused-ring (bicyclic) bond motifs is 1. The summed E-state index contributed by atoms with van der Waals surface area (Å²) in [6.07, 6.45) is 3.98. The van der Waals surface area contributed by atoms with Crippen molar-refractivity contribution in [1.29, 1.82) is 0 Å². The number of anilines is 1. The van der Waals surface area contributed by atoms with Gasteiger partial charge in [-0.25, -0.2) is 9.97 Å². The Kier molecular flexibility index (Phi) is 4.15. The topological polar surface area (TPSA) is 37.8 Å². The van der Waals surface area contributed by atoms with E-state index in [0.717, 1.165) is 22.3 Å². The largest absolute Gasteiger partial charge is 0.367 e. The molecule has 0 bridgehead atoms. The summed E-state index contributed by atoms with van der Waals surface area (Å²) in [6.45, 7) is 4.22. The molecule has 0 unspecified atom stereocenters. The molecule has 0 radical (unpaired) electrons. The van der Waals surface area contributed by atoms with Crippen molar-refractivity contribution in [3.63, 3.8) is 0 Å². The quantitative estimate of drug-likeness (QED) is 0.761. The van der Waals surface area contributed by atoms with E-state index < -0.39 is 0 Å². The number of aromatic nitrogens is 2. The summed E-state index contributed by atoms with van der Waals surface area (Å²) in [5.74, 6) is 1.60. The van der Waals surface area contributed by atoms with Crippen molar-refractivity contribution in [2.45, 2.75) is 19.9 Å². The van der Waals surface area contributed by atoms with Gasteiger partial charge in [0.25, 0.3) is 0 Å². The summed E-state index contributed by atoms with van der Waals surface area (Å²) >= 11 is 0. The Morgan fingerprint density at radius 3 is 2.36 bits per heavy atom. The van der Waals surface area contributed by atoms with Gasteiger partial charge in [0.15, 0.2) is 5.82 Å². The molecule has 3 nitrogen and oxygen atoms in total. The van der Waals surface area contributed by atoms with Crippen LogP contribution in [0.2, 0.25) is 0 Å². The van der Waals surface area contributed by atoms with Gasteiger partial charge in [0.2, 0.25) is 0 Å². The fourth-order valence-electron chi connectivity index (χ4n) is 2.29. The Hall–Kier alpha value is -2.68. The van der Waals surface area contributed by atoms with Crippen LogP contribution in [-0.4, -0.2) is 16.0 Å². The monoisotopic (exact) mass is 289 g/mol. The molecule has 3 rings (SSSR count). The van der Waals surface area contributed by atoms with Crippen molar-refractivity contribution in [2.24, 2.45) is 0 Å². The van der Waals surface area contributed by atoms with E-state index in [1.165, 1.54) is 0 Å². The molecule has 0 aliphatic rings. The van der Waals surface area contributed by atoms with Crippen LogP contribution < -0.4 is 5.32 Å². The standard InChI is InChI=1S/C19H19N3/c1-14(2)20-19-16-10-6-7-11-17(16)21-18(22-19)13-12-15-8-4-3-5-9-15/h3-14H,1-2H3,(H,20,21,22)/b13-12+. The number of nitrogens with zero attached hydrogens (tertiary/aromatic N) is 2. The van der Waals surface area contributed by atoms with E-state index in [1.54, 1.807) is 0 Å². The van der Waals surface area contributed by atoms with E-state index in [2.05, 4.69) is 41.3 Å². The maximum absolute atomic E-state index is 4.65. The number of rotatable bonds is 4. The second-order valence-corrected chi connectivity index (χ2v) is 5.49. The molecule has 0 aliphatic carbocycles. The molecule has 1 heterocycles. The van der Waals surface area contributed by atoms with Crippen molar-refractivity contribution in [3.05, 3.63) is 66.0 Å². The van der Waals surface area contributed by atoms with Gasteiger partial charge in [-0.3, -0.25) is 0 Å². The first kappa shape index (κ1) is 14.3. The Balaban J connectivity index is 2.01. The van der Waals surface area contributed by atoms with E-state index in [-0.39, 0.29) is 0 Å². The normalized spacial score (nSPS) is 11.4. The van der Waals surface area contributed by atoms with Gasteiger partial charge in [-0.05, 0) is 37.6 Å². The lowest BCUT2D eigenvalue weighted by Crippen LogP contribution is -2.12. The summed E-state index contributed by atoms with van der Waals surface area (Å²) in [7, 11) is 0. The molecule has 22 heavy (non-hydrogen) atoms. The molecule has 1 N–H and O–H groups in total. The van der Waals surface area contributed by atoms with Crippen LogP contribution in [0.4, 0.5) is 5.82 Å². The lowest BCUT2D eigenvalue weighted by Gasteiger charge is -2.12. The van der Waals surface area contributed by atoms with E-state index in [4.69, 9.17) is 0 Å². The van der Waals surface area contributed by atoms with Gasteiger partial charge in [0, 0.05) is 11.4 Å². The Bertz CT molecular complexity index is 792. The van der Waals surface area contributed by atoms with Gasteiger partial charge >= 0.3 is 0 Å². The third-order valence-electron chi connectivity index (χ3n) is 3.27. The zero-order valence-electron chi connectivity index (χ0n) is 12.8. The molecule has 0 atom stereocenters. The minimum absolute atomic E-state index is 0.323. The molecule has 0 spiro atoms. The predicted molar refractivity (Wildman–Crippen MR) is 93.7 cm³/mol. The van der Waals surface area contributed by atoms with E-state index in [1.807, 2.05) is 54.6 Å². The van der Waals surface area contributed by atoms with Crippen LogP contribution in [0.1, 0.15) is 25.2 Å². The van der Waals surface area contributed by atoms with Crippen molar-refractivity contribution < 1.29 is 0 Å². The van der Waals surface area contributed by atoms with Crippen molar-refractivity contribution in [1.82, 2.24) is 9.97 Å². The Morgan fingerprint density at radius 2 is 1.59 bits per heavy atom. The summed E-state index contributed by atoms with van der Waals surface area (Å²) < 4.78 is 0. The molecule has 3 heteroatoms. The van der Waals surface area contributed by atoms with E-state index in [0.29, 0.717) is 11.9 Å². The average molecular weight is 289 g/mol. The van der Waals surface area contributed by atoms with Crippen LogP contribution in [0.3, 0.4) is 0 Å². The molecule has 3 aromatic rings. The SMILES string of the molecule is CC(C)Nc1nc(/C=C/c2ccccc2)nc2ccccc12. The Morgan fingerprint density at radius 1 is 0.864 bits per heavy atom. The van der Waals surface area contributed by atoms with Crippen molar-refractivity contribution in [2.75, 3.05) is 5.32 Å². The van der Waals surface area contributed by atoms with Gasteiger partial charge in [-0.15, -0.1) is 0 Å². The van der Waals surface area contributed by atoms with Gasteiger partial charge in [0.1, 0.15) is 5.82 Å². The minimum Gasteiger partial charge on any atom is -0.367 e.